The number of nitrogens with two attached hydrogens (primary N) is 1. The van der Waals surface area contributed by atoms with Crippen molar-refractivity contribution in [2.75, 3.05) is 5.73 Å². The average molecular weight is 250 g/mol. The van der Waals surface area contributed by atoms with Crippen LogP contribution in [0.1, 0.15) is 31.0 Å². The first kappa shape index (κ1) is 12.0. The minimum atomic E-state index is 0.361. The number of anilines is 1. The van der Waals surface area contributed by atoms with E-state index in [9.17, 15) is 0 Å². The summed E-state index contributed by atoms with van der Waals surface area (Å²) in [4.78, 5) is 0. The predicted molar refractivity (Wildman–Crippen MR) is 71.8 cm³/mol. The predicted octanol–water partition coefficient (Wildman–Crippen LogP) is 3.54. The van der Waals surface area contributed by atoms with Gasteiger partial charge in [-0.1, -0.05) is 31.5 Å². The monoisotopic (exact) mass is 249 g/mol. The zero-order valence-corrected chi connectivity index (χ0v) is 11.0. The molecule has 0 radical (unpaired) electrons. The van der Waals surface area contributed by atoms with Crippen molar-refractivity contribution in [2.24, 2.45) is 0 Å². The van der Waals surface area contributed by atoms with Crippen LogP contribution in [0.5, 0.6) is 0 Å². The molecule has 0 spiro atoms. The zero-order valence-electron chi connectivity index (χ0n) is 10.2. The van der Waals surface area contributed by atoms with Crippen LogP contribution in [-0.2, 0) is 0 Å². The number of nitrogens with zero attached hydrogens (tertiary/aromatic N) is 2. The van der Waals surface area contributed by atoms with Gasteiger partial charge in [0.15, 0.2) is 0 Å². The molecule has 1 aromatic heterocycles. The highest BCUT2D eigenvalue weighted by atomic mass is 35.5. The van der Waals surface area contributed by atoms with E-state index in [0.29, 0.717) is 11.7 Å². The molecule has 1 heterocycles. The minimum Gasteiger partial charge on any atom is -0.384 e. The molecule has 0 amide bonds. The Kier molecular flexibility index (Phi) is 3.11. The molecule has 0 saturated carbocycles. The summed E-state index contributed by atoms with van der Waals surface area (Å²) in [5.74, 6) is 0.994. The van der Waals surface area contributed by atoms with Crippen LogP contribution in [0, 0.1) is 6.92 Å². The molecule has 2 aromatic rings. The van der Waals surface area contributed by atoms with Gasteiger partial charge in [-0.25, -0.2) is 4.68 Å². The number of nitrogen functional groups attached to an aromatic ring is 1. The van der Waals surface area contributed by atoms with E-state index in [0.717, 1.165) is 22.0 Å². The molecule has 90 valence electrons. The van der Waals surface area contributed by atoms with E-state index in [1.807, 2.05) is 31.2 Å². The van der Waals surface area contributed by atoms with Gasteiger partial charge in [0, 0.05) is 11.1 Å². The zero-order chi connectivity index (χ0) is 12.6. The van der Waals surface area contributed by atoms with Crippen molar-refractivity contribution < 1.29 is 0 Å². The number of hydrogen-bond acceptors (Lipinski definition) is 2. The molecule has 0 aliphatic rings. The van der Waals surface area contributed by atoms with Gasteiger partial charge in [0.1, 0.15) is 5.82 Å². The summed E-state index contributed by atoms with van der Waals surface area (Å²) in [6.07, 6.45) is 0. The van der Waals surface area contributed by atoms with E-state index < -0.39 is 0 Å². The Labute approximate surface area is 106 Å². The fourth-order valence-corrected chi connectivity index (χ4v) is 1.79. The third-order valence-corrected chi connectivity index (χ3v) is 3.15. The summed E-state index contributed by atoms with van der Waals surface area (Å²) in [7, 11) is 0. The molecule has 0 bridgehead atoms. The van der Waals surface area contributed by atoms with Gasteiger partial charge in [-0.3, -0.25) is 0 Å². The lowest BCUT2D eigenvalue weighted by molar-refractivity contribution is 0.771. The maximum absolute atomic E-state index is 6.10. The van der Waals surface area contributed by atoms with Gasteiger partial charge in [-0.2, -0.15) is 5.10 Å². The van der Waals surface area contributed by atoms with E-state index in [1.54, 1.807) is 4.68 Å². The second kappa shape index (κ2) is 4.41. The van der Waals surface area contributed by atoms with Gasteiger partial charge >= 0.3 is 0 Å². The summed E-state index contributed by atoms with van der Waals surface area (Å²) in [6.45, 7) is 6.15. The van der Waals surface area contributed by atoms with Crippen LogP contribution in [0.2, 0.25) is 5.02 Å². The lowest BCUT2D eigenvalue weighted by atomic mass is 10.1. The summed E-state index contributed by atoms with van der Waals surface area (Å²) in [5, 5.41) is 5.21. The quantitative estimate of drug-likeness (QED) is 0.885. The number of rotatable bonds is 2. The van der Waals surface area contributed by atoms with Gasteiger partial charge in [0.2, 0.25) is 0 Å². The highest BCUT2D eigenvalue weighted by Crippen LogP contribution is 2.23. The highest BCUT2D eigenvalue weighted by molar-refractivity contribution is 6.31. The molecule has 17 heavy (non-hydrogen) atoms. The van der Waals surface area contributed by atoms with Crippen LogP contribution in [-0.4, -0.2) is 9.78 Å². The molecule has 2 rings (SSSR count). The second-order valence-electron chi connectivity index (χ2n) is 4.49. The van der Waals surface area contributed by atoms with Crippen molar-refractivity contribution in [1.29, 1.82) is 0 Å². The van der Waals surface area contributed by atoms with Gasteiger partial charge < -0.3 is 5.73 Å². The molecule has 4 heteroatoms. The lowest BCUT2D eigenvalue weighted by Crippen LogP contribution is -2.02. The number of benzene rings is 1. The Bertz CT molecular complexity index is 544. The summed E-state index contributed by atoms with van der Waals surface area (Å²) in [6, 6.07) is 7.71. The van der Waals surface area contributed by atoms with Crippen LogP contribution in [0.15, 0.2) is 24.3 Å². The normalized spacial score (nSPS) is 11.1. The van der Waals surface area contributed by atoms with E-state index >= 15 is 0 Å². The molecule has 2 N–H and O–H groups in total. The average Bonchev–Trinajstić information content (AvgIpc) is 2.65. The van der Waals surface area contributed by atoms with Crippen LogP contribution in [0.4, 0.5) is 5.82 Å². The number of aryl methyl sites for hydroxylation is 1. The first-order valence-electron chi connectivity index (χ1n) is 5.61. The Balaban J connectivity index is 2.49. The van der Waals surface area contributed by atoms with Gasteiger partial charge in [-0.05, 0) is 30.5 Å². The van der Waals surface area contributed by atoms with Crippen LogP contribution >= 0.6 is 11.6 Å². The first-order chi connectivity index (χ1) is 7.99. The number of hydrogen-bond donors (Lipinski definition) is 1. The van der Waals surface area contributed by atoms with Gasteiger partial charge in [-0.15, -0.1) is 0 Å². The van der Waals surface area contributed by atoms with Crippen molar-refractivity contribution in [3.05, 3.63) is 40.5 Å². The van der Waals surface area contributed by atoms with Gasteiger partial charge in [0.05, 0.1) is 11.4 Å². The molecule has 0 unspecified atom stereocenters. The SMILES string of the molecule is Cc1ccc(-n2nc(C(C)C)cc2N)cc1Cl. The summed E-state index contributed by atoms with van der Waals surface area (Å²) < 4.78 is 1.72. The highest BCUT2D eigenvalue weighted by Gasteiger charge is 2.10. The molecule has 0 aliphatic carbocycles. The van der Waals surface area contributed by atoms with E-state index in [1.165, 1.54) is 0 Å². The largest absolute Gasteiger partial charge is 0.384 e. The Hall–Kier alpha value is -1.48. The van der Waals surface area contributed by atoms with Crippen molar-refractivity contribution in [2.45, 2.75) is 26.7 Å². The van der Waals surface area contributed by atoms with Crippen molar-refractivity contribution >= 4 is 17.4 Å². The van der Waals surface area contributed by atoms with E-state index in [-0.39, 0.29) is 0 Å². The number of aromatic nitrogens is 2. The standard InChI is InChI=1S/C13H16ClN3/c1-8(2)12-7-13(15)17(16-12)10-5-4-9(3)11(14)6-10/h4-8H,15H2,1-3H3. The topological polar surface area (TPSA) is 43.8 Å². The maximum Gasteiger partial charge on any atom is 0.127 e. The number of halogens is 1. The summed E-state index contributed by atoms with van der Waals surface area (Å²) >= 11 is 6.10. The fourth-order valence-electron chi connectivity index (χ4n) is 1.62. The molecule has 0 fully saturated rings. The van der Waals surface area contributed by atoms with Crippen molar-refractivity contribution in [1.82, 2.24) is 9.78 Å². The lowest BCUT2D eigenvalue weighted by Gasteiger charge is -2.06. The second-order valence-corrected chi connectivity index (χ2v) is 4.90. The molecule has 1 aromatic carbocycles. The molecule has 0 atom stereocenters. The third kappa shape index (κ3) is 2.29. The van der Waals surface area contributed by atoms with Gasteiger partial charge in [0.25, 0.3) is 0 Å². The Morgan fingerprint density at radius 3 is 2.53 bits per heavy atom. The molecular formula is C13H16ClN3. The van der Waals surface area contributed by atoms with Crippen molar-refractivity contribution in [3.8, 4) is 5.69 Å². The van der Waals surface area contributed by atoms with Crippen LogP contribution in [0.3, 0.4) is 0 Å². The molecular weight excluding hydrogens is 234 g/mol. The minimum absolute atomic E-state index is 0.361. The Morgan fingerprint density at radius 1 is 1.29 bits per heavy atom. The third-order valence-electron chi connectivity index (χ3n) is 2.75. The van der Waals surface area contributed by atoms with Crippen LogP contribution in [0.25, 0.3) is 5.69 Å². The first-order valence-corrected chi connectivity index (χ1v) is 5.99. The van der Waals surface area contributed by atoms with E-state index in [4.69, 9.17) is 17.3 Å². The maximum atomic E-state index is 6.10. The molecule has 0 saturated heterocycles. The summed E-state index contributed by atoms with van der Waals surface area (Å²) in [5.41, 5.74) is 8.88. The van der Waals surface area contributed by atoms with E-state index in [2.05, 4.69) is 18.9 Å². The smallest absolute Gasteiger partial charge is 0.127 e. The van der Waals surface area contributed by atoms with Crippen LogP contribution < -0.4 is 5.73 Å². The molecule has 0 aliphatic heterocycles. The Morgan fingerprint density at radius 2 is 2.00 bits per heavy atom. The van der Waals surface area contributed by atoms with Crippen molar-refractivity contribution in [3.63, 3.8) is 0 Å². The fraction of sp³-hybridized carbons (Fsp3) is 0.308. The molecule has 3 nitrogen and oxygen atoms in total.